The second kappa shape index (κ2) is 4.32. The minimum absolute atomic E-state index is 0.0185. The molecule has 0 aromatic heterocycles. The molecule has 0 aromatic carbocycles. The number of nitrogens with two attached hydrogens (primary N) is 1. The van der Waals surface area contributed by atoms with Crippen LogP contribution in [0.3, 0.4) is 0 Å². The lowest BCUT2D eigenvalue weighted by atomic mass is 10.1. The maximum Gasteiger partial charge on any atom is 0.236 e. The highest BCUT2D eigenvalue weighted by Crippen LogP contribution is 1.87. The zero-order valence-electron chi connectivity index (χ0n) is 5.20. The molecule has 5 nitrogen and oxygen atoms in total. The van der Waals surface area contributed by atoms with Crippen molar-refractivity contribution >= 4 is 12.3 Å². The van der Waals surface area contributed by atoms with Gasteiger partial charge in [-0.05, 0) is 0 Å². The van der Waals surface area contributed by atoms with Crippen LogP contribution in [-0.2, 0) is 9.59 Å². The molecule has 0 aliphatic carbocycles. The Morgan fingerprint density at radius 3 is 2.80 bits per heavy atom. The van der Waals surface area contributed by atoms with Gasteiger partial charge in [0.1, 0.15) is 5.92 Å². The van der Waals surface area contributed by atoms with Crippen LogP contribution in [0.5, 0.6) is 0 Å². The summed E-state index contributed by atoms with van der Waals surface area (Å²) in [5, 5.41) is 10.4. The fourth-order valence-electron chi connectivity index (χ4n) is 0.376. The highest BCUT2D eigenvalue weighted by atomic mass is 16.1. The molecule has 0 rings (SSSR count). The minimum Gasteiger partial charge on any atom is -0.368 e. The van der Waals surface area contributed by atoms with E-state index in [-0.39, 0.29) is 6.54 Å². The van der Waals surface area contributed by atoms with Crippen molar-refractivity contribution in [2.75, 3.05) is 6.54 Å². The van der Waals surface area contributed by atoms with Crippen molar-refractivity contribution in [2.24, 2.45) is 11.7 Å². The maximum absolute atomic E-state index is 10.3. The Bertz CT molecular complexity index is 172. The largest absolute Gasteiger partial charge is 0.368 e. The Morgan fingerprint density at radius 2 is 2.50 bits per heavy atom. The number of primary amides is 1. The second-order valence-electron chi connectivity index (χ2n) is 1.61. The number of nitriles is 1. The van der Waals surface area contributed by atoms with Crippen LogP contribution in [0.15, 0.2) is 0 Å². The molecule has 0 saturated heterocycles. The Morgan fingerprint density at radius 1 is 1.90 bits per heavy atom. The van der Waals surface area contributed by atoms with Crippen molar-refractivity contribution in [3.05, 3.63) is 0 Å². The number of nitrogens with one attached hydrogen (secondary N) is 1. The predicted octanol–water partition coefficient (Wildman–Crippen LogP) is -1.64. The normalized spacial score (nSPS) is 11.1. The first-order valence-corrected chi connectivity index (χ1v) is 2.58. The van der Waals surface area contributed by atoms with Crippen LogP contribution < -0.4 is 11.1 Å². The van der Waals surface area contributed by atoms with Gasteiger partial charge in [0.05, 0.1) is 6.07 Å². The summed E-state index contributed by atoms with van der Waals surface area (Å²) in [7, 11) is 0. The molecule has 5 heteroatoms. The first kappa shape index (κ1) is 8.43. The number of carbonyl (C=O) groups is 2. The maximum atomic E-state index is 10.3. The lowest BCUT2D eigenvalue weighted by Gasteiger charge is -2.00. The molecule has 0 heterocycles. The van der Waals surface area contributed by atoms with Gasteiger partial charge < -0.3 is 11.1 Å². The smallest absolute Gasteiger partial charge is 0.236 e. The van der Waals surface area contributed by atoms with Gasteiger partial charge >= 0.3 is 0 Å². The highest BCUT2D eigenvalue weighted by molar-refractivity contribution is 5.79. The van der Waals surface area contributed by atoms with E-state index in [9.17, 15) is 9.59 Å². The van der Waals surface area contributed by atoms with E-state index >= 15 is 0 Å². The summed E-state index contributed by atoms with van der Waals surface area (Å²) in [6, 6.07) is 1.64. The molecule has 0 aliphatic heterocycles. The van der Waals surface area contributed by atoms with Crippen molar-refractivity contribution in [3.8, 4) is 6.07 Å². The van der Waals surface area contributed by atoms with Crippen molar-refractivity contribution in [1.29, 1.82) is 5.26 Å². The van der Waals surface area contributed by atoms with Crippen LogP contribution in [0.25, 0.3) is 0 Å². The monoisotopic (exact) mass is 141 g/mol. The van der Waals surface area contributed by atoms with Gasteiger partial charge in [0.25, 0.3) is 0 Å². The fraction of sp³-hybridized carbons (Fsp3) is 0.400. The van der Waals surface area contributed by atoms with Crippen LogP contribution in [0, 0.1) is 17.2 Å². The van der Waals surface area contributed by atoms with Crippen LogP contribution in [0.2, 0.25) is 0 Å². The number of amides is 2. The molecule has 0 aliphatic rings. The molecule has 1 unspecified atom stereocenters. The molecule has 10 heavy (non-hydrogen) atoms. The molecule has 0 saturated carbocycles. The van der Waals surface area contributed by atoms with E-state index in [0.29, 0.717) is 6.41 Å². The molecule has 0 bridgehead atoms. The van der Waals surface area contributed by atoms with E-state index in [1.807, 2.05) is 0 Å². The summed E-state index contributed by atoms with van der Waals surface area (Å²) in [5.41, 5.74) is 4.77. The van der Waals surface area contributed by atoms with E-state index in [1.165, 1.54) is 0 Å². The first-order valence-electron chi connectivity index (χ1n) is 2.58. The van der Waals surface area contributed by atoms with Gasteiger partial charge in [-0.1, -0.05) is 0 Å². The molecule has 54 valence electrons. The molecule has 0 aromatic rings. The zero-order valence-corrected chi connectivity index (χ0v) is 5.20. The van der Waals surface area contributed by atoms with Gasteiger partial charge in [-0.2, -0.15) is 5.26 Å². The summed E-state index contributed by atoms with van der Waals surface area (Å²) in [4.78, 5) is 20.0. The van der Waals surface area contributed by atoms with Gasteiger partial charge in [-0.3, -0.25) is 9.59 Å². The second-order valence-corrected chi connectivity index (χ2v) is 1.61. The topological polar surface area (TPSA) is 96.0 Å². The number of hydrogen-bond donors (Lipinski definition) is 2. The number of rotatable bonds is 4. The SMILES string of the molecule is N#CC(CNC=O)C(N)=O. The molecular formula is C5H7N3O2. The lowest BCUT2D eigenvalue weighted by Crippen LogP contribution is -2.31. The van der Waals surface area contributed by atoms with Crippen molar-refractivity contribution in [3.63, 3.8) is 0 Å². The molecule has 0 radical (unpaired) electrons. The van der Waals surface area contributed by atoms with E-state index in [0.717, 1.165) is 0 Å². The molecular weight excluding hydrogens is 134 g/mol. The summed E-state index contributed by atoms with van der Waals surface area (Å²) in [6.07, 6.45) is 0.410. The Kier molecular flexibility index (Phi) is 3.64. The summed E-state index contributed by atoms with van der Waals surface area (Å²) in [6.45, 7) is -0.0185. The summed E-state index contributed by atoms with van der Waals surface area (Å²) < 4.78 is 0. The third kappa shape index (κ3) is 2.67. The van der Waals surface area contributed by atoms with Crippen molar-refractivity contribution in [1.82, 2.24) is 5.32 Å². The minimum atomic E-state index is -0.926. The number of carbonyl (C=O) groups excluding carboxylic acids is 2. The van der Waals surface area contributed by atoms with Crippen LogP contribution >= 0.6 is 0 Å². The van der Waals surface area contributed by atoms with E-state index < -0.39 is 11.8 Å². The van der Waals surface area contributed by atoms with Gasteiger partial charge in [0, 0.05) is 6.54 Å². The third-order valence-electron chi connectivity index (χ3n) is 0.905. The third-order valence-corrected chi connectivity index (χ3v) is 0.905. The van der Waals surface area contributed by atoms with Crippen LogP contribution in [0.4, 0.5) is 0 Å². The first-order chi connectivity index (χ1) is 4.72. The van der Waals surface area contributed by atoms with Gasteiger partial charge in [-0.25, -0.2) is 0 Å². The molecule has 3 N–H and O–H groups in total. The standard InChI is InChI=1S/C5H7N3O2/c6-1-4(5(7)10)2-8-3-9/h3-4H,2H2,(H2,7,10)(H,8,9). The van der Waals surface area contributed by atoms with E-state index in [2.05, 4.69) is 5.32 Å². The summed E-state index contributed by atoms with van der Waals surface area (Å²) >= 11 is 0. The predicted molar refractivity (Wildman–Crippen MR) is 32.4 cm³/mol. The van der Waals surface area contributed by atoms with Gasteiger partial charge in [0.15, 0.2) is 0 Å². The Balaban J connectivity index is 3.75. The summed E-state index contributed by atoms with van der Waals surface area (Å²) in [5.74, 6) is -1.65. The Labute approximate surface area is 57.8 Å². The van der Waals surface area contributed by atoms with Crippen LogP contribution in [0.1, 0.15) is 0 Å². The average molecular weight is 141 g/mol. The Hall–Kier alpha value is -1.57. The fourth-order valence-corrected chi connectivity index (χ4v) is 0.376. The average Bonchev–Trinajstić information content (AvgIpc) is 1.89. The zero-order chi connectivity index (χ0) is 7.98. The number of nitrogens with zero attached hydrogens (tertiary/aromatic N) is 1. The molecule has 2 amide bonds. The van der Waals surface area contributed by atoms with Gasteiger partial charge in [0.2, 0.25) is 12.3 Å². The van der Waals surface area contributed by atoms with Crippen molar-refractivity contribution < 1.29 is 9.59 Å². The molecule has 1 atom stereocenters. The number of hydrogen-bond acceptors (Lipinski definition) is 3. The molecule has 0 spiro atoms. The van der Waals surface area contributed by atoms with E-state index in [1.54, 1.807) is 6.07 Å². The quantitative estimate of drug-likeness (QED) is 0.459. The van der Waals surface area contributed by atoms with Crippen LogP contribution in [-0.4, -0.2) is 18.9 Å². The van der Waals surface area contributed by atoms with E-state index in [4.69, 9.17) is 11.0 Å². The highest BCUT2D eigenvalue weighted by Gasteiger charge is 2.12. The van der Waals surface area contributed by atoms with Gasteiger partial charge in [-0.15, -0.1) is 0 Å². The lowest BCUT2D eigenvalue weighted by molar-refractivity contribution is -0.120. The molecule has 0 fully saturated rings. The van der Waals surface area contributed by atoms with Crippen molar-refractivity contribution in [2.45, 2.75) is 0 Å².